The molecule has 22 heavy (non-hydrogen) atoms. The van der Waals surface area contributed by atoms with Gasteiger partial charge < -0.3 is 0 Å². The highest BCUT2D eigenvalue weighted by atomic mass is 32.2. The molecule has 2 aromatic carbocycles. The molecule has 0 heterocycles. The first-order chi connectivity index (χ1) is 10.3. The summed E-state index contributed by atoms with van der Waals surface area (Å²) in [6.07, 6.45) is 0. The number of rotatable bonds is 4. The van der Waals surface area contributed by atoms with Gasteiger partial charge in [0.25, 0.3) is 15.9 Å². The molecule has 0 radical (unpaired) electrons. The smallest absolute Gasteiger partial charge is 0.266 e. The fraction of sp³-hybridized carbons (Fsp3) is 0.188. The number of hydrogen-bond acceptors (Lipinski definition) is 3. The van der Waals surface area contributed by atoms with E-state index >= 15 is 0 Å². The Labute approximate surface area is 130 Å². The van der Waals surface area contributed by atoms with Crippen LogP contribution in [0, 0.1) is 20.8 Å². The van der Waals surface area contributed by atoms with Gasteiger partial charge in [-0.1, -0.05) is 23.8 Å². The van der Waals surface area contributed by atoms with E-state index < -0.39 is 15.9 Å². The number of aryl methyl sites for hydroxylation is 3. The number of carbonyl (C=O) groups excluding carboxylic acids is 1. The minimum Gasteiger partial charge on any atom is -0.273 e. The summed E-state index contributed by atoms with van der Waals surface area (Å²) in [5.41, 5.74) is 5.49. The predicted molar refractivity (Wildman–Crippen MR) is 84.9 cm³/mol. The normalized spacial score (nSPS) is 11.2. The highest BCUT2D eigenvalue weighted by Crippen LogP contribution is 2.14. The van der Waals surface area contributed by atoms with Crippen molar-refractivity contribution < 1.29 is 13.2 Å². The molecular formula is C16H18N2O3S. The number of benzene rings is 2. The van der Waals surface area contributed by atoms with Crippen LogP contribution in [0.4, 0.5) is 0 Å². The zero-order chi connectivity index (χ0) is 16.3. The lowest BCUT2D eigenvalue weighted by Gasteiger charge is -2.10. The third kappa shape index (κ3) is 3.72. The fourth-order valence-corrected chi connectivity index (χ4v) is 2.75. The van der Waals surface area contributed by atoms with E-state index in [9.17, 15) is 13.2 Å². The molecule has 0 aliphatic heterocycles. The summed E-state index contributed by atoms with van der Waals surface area (Å²) in [6, 6.07) is 11.6. The van der Waals surface area contributed by atoms with Gasteiger partial charge in [0.15, 0.2) is 0 Å². The van der Waals surface area contributed by atoms with Crippen LogP contribution in [0.15, 0.2) is 47.4 Å². The molecule has 6 heteroatoms. The molecule has 0 aromatic heterocycles. The summed E-state index contributed by atoms with van der Waals surface area (Å²) in [7, 11) is -3.79. The third-order valence-electron chi connectivity index (χ3n) is 3.40. The Morgan fingerprint density at radius 3 is 2.14 bits per heavy atom. The summed E-state index contributed by atoms with van der Waals surface area (Å²) in [4.78, 5) is 14.1. The maximum atomic E-state index is 12.2. The van der Waals surface area contributed by atoms with Crippen LogP contribution in [-0.2, 0) is 10.0 Å². The lowest BCUT2D eigenvalue weighted by Crippen LogP contribution is -2.41. The van der Waals surface area contributed by atoms with Gasteiger partial charge in [-0.15, -0.1) is 4.83 Å². The predicted octanol–water partition coefficient (Wildman–Crippen LogP) is 2.24. The van der Waals surface area contributed by atoms with Gasteiger partial charge in [0.05, 0.1) is 4.90 Å². The van der Waals surface area contributed by atoms with Crippen LogP contribution in [0.2, 0.25) is 0 Å². The van der Waals surface area contributed by atoms with Crippen LogP contribution in [0.5, 0.6) is 0 Å². The zero-order valence-corrected chi connectivity index (χ0v) is 13.5. The number of nitrogens with one attached hydrogen (secondary N) is 2. The Bertz CT molecular complexity index is 797. The summed E-state index contributed by atoms with van der Waals surface area (Å²) >= 11 is 0. The largest absolute Gasteiger partial charge is 0.273 e. The van der Waals surface area contributed by atoms with Crippen LogP contribution >= 0.6 is 0 Å². The molecule has 2 aromatic rings. The average molecular weight is 318 g/mol. The van der Waals surface area contributed by atoms with Crippen molar-refractivity contribution in [2.45, 2.75) is 25.7 Å². The van der Waals surface area contributed by atoms with Gasteiger partial charge in [-0.05, 0) is 56.2 Å². The highest BCUT2D eigenvalue weighted by molar-refractivity contribution is 7.89. The molecular weight excluding hydrogens is 300 g/mol. The van der Waals surface area contributed by atoms with E-state index in [2.05, 4.69) is 10.3 Å². The number of hydrazine groups is 1. The van der Waals surface area contributed by atoms with E-state index in [1.165, 1.54) is 6.07 Å². The molecule has 0 saturated heterocycles. The second-order valence-electron chi connectivity index (χ2n) is 5.17. The average Bonchev–Trinajstić information content (AvgIpc) is 2.48. The van der Waals surface area contributed by atoms with Gasteiger partial charge in [-0.25, -0.2) is 8.42 Å². The van der Waals surface area contributed by atoms with E-state index in [1.807, 2.05) is 20.8 Å². The lowest BCUT2D eigenvalue weighted by molar-refractivity contribution is 0.0945. The zero-order valence-electron chi connectivity index (χ0n) is 12.7. The number of sulfonamides is 1. The van der Waals surface area contributed by atoms with Gasteiger partial charge in [0, 0.05) is 5.56 Å². The maximum absolute atomic E-state index is 12.2. The Morgan fingerprint density at radius 1 is 0.909 bits per heavy atom. The third-order valence-corrected chi connectivity index (χ3v) is 4.65. The molecule has 1 amide bonds. The van der Waals surface area contributed by atoms with Gasteiger partial charge >= 0.3 is 0 Å². The molecule has 116 valence electrons. The molecule has 0 unspecified atom stereocenters. The maximum Gasteiger partial charge on any atom is 0.266 e. The second-order valence-corrected chi connectivity index (χ2v) is 6.85. The van der Waals surface area contributed by atoms with Crippen LogP contribution in [0.1, 0.15) is 27.0 Å². The van der Waals surface area contributed by atoms with E-state index in [4.69, 9.17) is 0 Å². The molecule has 0 atom stereocenters. The second kappa shape index (κ2) is 6.29. The molecule has 0 bridgehead atoms. The minimum absolute atomic E-state index is 0.111. The van der Waals surface area contributed by atoms with Crippen LogP contribution in [0.3, 0.4) is 0 Å². The van der Waals surface area contributed by atoms with E-state index in [-0.39, 0.29) is 4.90 Å². The van der Waals surface area contributed by atoms with Crippen molar-refractivity contribution in [3.63, 3.8) is 0 Å². The van der Waals surface area contributed by atoms with Crippen molar-refractivity contribution in [2.24, 2.45) is 0 Å². The minimum atomic E-state index is -3.79. The first-order valence-electron chi connectivity index (χ1n) is 6.76. The first kappa shape index (κ1) is 16.2. The first-order valence-corrected chi connectivity index (χ1v) is 8.24. The standard InChI is InChI=1S/C16H18N2O3S/c1-11-4-7-14(8-5-11)16(19)17-18-22(20,21)15-9-6-12(2)13(3)10-15/h4-10,18H,1-3H3,(H,17,19). The van der Waals surface area contributed by atoms with Gasteiger partial charge in [0.2, 0.25) is 0 Å². The number of carbonyl (C=O) groups is 1. The topological polar surface area (TPSA) is 75.3 Å². The highest BCUT2D eigenvalue weighted by Gasteiger charge is 2.16. The van der Waals surface area contributed by atoms with Gasteiger partial charge in [0.1, 0.15) is 0 Å². The molecule has 0 fully saturated rings. The van der Waals surface area contributed by atoms with Gasteiger partial charge in [-0.2, -0.15) is 0 Å². The lowest BCUT2D eigenvalue weighted by atomic mass is 10.1. The monoisotopic (exact) mass is 318 g/mol. The quantitative estimate of drug-likeness (QED) is 0.849. The molecule has 2 rings (SSSR count). The molecule has 0 aliphatic rings. The van der Waals surface area contributed by atoms with Crippen molar-refractivity contribution in [1.29, 1.82) is 0 Å². The Morgan fingerprint density at radius 2 is 1.55 bits per heavy atom. The molecule has 5 nitrogen and oxygen atoms in total. The van der Waals surface area contributed by atoms with Gasteiger partial charge in [-0.3, -0.25) is 10.2 Å². The van der Waals surface area contributed by atoms with E-state index in [0.717, 1.165) is 16.7 Å². The van der Waals surface area contributed by atoms with E-state index in [1.54, 1.807) is 36.4 Å². The SMILES string of the molecule is Cc1ccc(C(=O)NNS(=O)(=O)c2ccc(C)c(C)c2)cc1. The van der Waals surface area contributed by atoms with Crippen LogP contribution in [-0.4, -0.2) is 14.3 Å². The van der Waals surface area contributed by atoms with Crippen molar-refractivity contribution >= 4 is 15.9 Å². The molecule has 0 saturated carbocycles. The van der Waals surface area contributed by atoms with Crippen molar-refractivity contribution in [2.75, 3.05) is 0 Å². The van der Waals surface area contributed by atoms with Crippen LogP contribution in [0.25, 0.3) is 0 Å². The Balaban J connectivity index is 2.10. The van der Waals surface area contributed by atoms with Crippen LogP contribution < -0.4 is 10.3 Å². The Kier molecular flexibility index (Phi) is 4.63. The fourth-order valence-electron chi connectivity index (χ4n) is 1.83. The summed E-state index contributed by atoms with van der Waals surface area (Å²) in [5.74, 6) is -0.507. The molecule has 2 N–H and O–H groups in total. The Hall–Kier alpha value is -2.18. The van der Waals surface area contributed by atoms with Crippen molar-refractivity contribution in [3.8, 4) is 0 Å². The molecule has 0 spiro atoms. The van der Waals surface area contributed by atoms with Crippen molar-refractivity contribution in [3.05, 3.63) is 64.7 Å². The molecule has 0 aliphatic carbocycles. The number of hydrogen-bond donors (Lipinski definition) is 2. The summed E-state index contributed by atoms with van der Waals surface area (Å²) in [6.45, 7) is 5.64. The van der Waals surface area contributed by atoms with Crippen molar-refractivity contribution in [1.82, 2.24) is 10.3 Å². The van der Waals surface area contributed by atoms with E-state index in [0.29, 0.717) is 5.56 Å². The number of amides is 1. The summed E-state index contributed by atoms with van der Waals surface area (Å²) in [5, 5.41) is 0. The summed E-state index contributed by atoms with van der Waals surface area (Å²) < 4.78 is 24.3.